The molecule has 0 radical (unpaired) electrons. The number of carboxylic acids is 1. The topological polar surface area (TPSA) is 65.5 Å². The van der Waals surface area contributed by atoms with E-state index in [9.17, 15) is 4.79 Å². The highest BCUT2D eigenvalue weighted by Crippen LogP contribution is 2.53. The number of aliphatic carboxylic acids is 1. The van der Waals surface area contributed by atoms with Gasteiger partial charge in [0, 0.05) is 25.7 Å². The van der Waals surface area contributed by atoms with Crippen molar-refractivity contribution in [2.75, 3.05) is 24.5 Å². The highest BCUT2D eigenvalue weighted by atomic mass is 16.4. The third-order valence-corrected chi connectivity index (χ3v) is 7.86. The predicted molar refractivity (Wildman–Crippen MR) is 131 cm³/mol. The monoisotopic (exact) mass is 437 g/mol. The minimum Gasteiger partial charge on any atom is -0.481 e. The fourth-order valence-corrected chi connectivity index (χ4v) is 5.62. The minimum atomic E-state index is -0.740. The first-order valence-corrected chi connectivity index (χ1v) is 12.3. The molecule has 1 fully saturated rings. The zero-order valence-electron chi connectivity index (χ0n) is 20.2. The van der Waals surface area contributed by atoms with Crippen LogP contribution in [0.3, 0.4) is 0 Å². The maximum absolute atomic E-state index is 10.7. The molecule has 1 saturated heterocycles. The van der Waals surface area contributed by atoms with Gasteiger partial charge in [0.25, 0.3) is 0 Å². The van der Waals surface area contributed by atoms with E-state index in [4.69, 9.17) is 10.1 Å². The molecule has 2 heterocycles. The molecule has 0 amide bonds. The number of piperidine rings is 1. The smallest absolute Gasteiger partial charge is 0.304 e. The quantitative estimate of drug-likeness (QED) is 0.621. The van der Waals surface area contributed by atoms with Crippen LogP contribution in [0.2, 0.25) is 0 Å². The van der Waals surface area contributed by atoms with E-state index in [1.165, 1.54) is 18.4 Å². The minimum absolute atomic E-state index is 0.186. The Morgan fingerprint density at radius 2 is 1.84 bits per heavy atom. The van der Waals surface area contributed by atoms with E-state index in [-0.39, 0.29) is 11.8 Å². The molecule has 0 atom stereocenters. The highest BCUT2D eigenvalue weighted by Gasteiger charge is 2.39. The molecule has 2 N–H and O–H groups in total. The number of nitrogens with zero attached hydrogens (tertiary/aromatic N) is 2. The van der Waals surface area contributed by atoms with Gasteiger partial charge in [-0.3, -0.25) is 4.79 Å². The molecule has 0 unspecified atom stereocenters. The van der Waals surface area contributed by atoms with Crippen LogP contribution in [0.1, 0.15) is 78.3 Å². The van der Waals surface area contributed by atoms with Crippen molar-refractivity contribution >= 4 is 17.4 Å². The second-order valence-electron chi connectivity index (χ2n) is 11.1. The molecule has 0 aromatic carbocycles. The molecule has 3 aliphatic rings. The van der Waals surface area contributed by atoms with Crippen molar-refractivity contribution in [3.8, 4) is 0 Å². The maximum atomic E-state index is 10.7. The fourth-order valence-electron chi connectivity index (χ4n) is 5.62. The number of rotatable bonds is 6. The van der Waals surface area contributed by atoms with Crippen LogP contribution in [0.4, 0.5) is 5.82 Å². The molecule has 174 valence electrons. The van der Waals surface area contributed by atoms with E-state index in [1.807, 2.05) is 0 Å². The number of nitrogens with one attached hydrogen (secondary N) is 1. The van der Waals surface area contributed by atoms with Gasteiger partial charge in [0.2, 0.25) is 0 Å². The SMILES string of the molecule is CC1(C)CCC(C)(C)C2=C1C=C(c1cccc(N3CCC(NCCC(=O)O)CC3)n1)CC2. The van der Waals surface area contributed by atoms with E-state index < -0.39 is 5.97 Å². The summed E-state index contributed by atoms with van der Waals surface area (Å²) in [6.07, 6.45) is 9.43. The van der Waals surface area contributed by atoms with Gasteiger partial charge < -0.3 is 15.3 Å². The summed E-state index contributed by atoms with van der Waals surface area (Å²) < 4.78 is 0. The molecule has 1 aromatic heterocycles. The lowest BCUT2D eigenvalue weighted by atomic mass is 9.60. The van der Waals surface area contributed by atoms with Gasteiger partial charge in [-0.05, 0) is 72.6 Å². The molecule has 5 heteroatoms. The highest BCUT2D eigenvalue weighted by molar-refractivity contribution is 5.70. The number of carbonyl (C=O) groups is 1. The Morgan fingerprint density at radius 1 is 1.12 bits per heavy atom. The molecule has 1 aromatic rings. The van der Waals surface area contributed by atoms with Crippen LogP contribution in [-0.4, -0.2) is 41.7 Å². The Labute approximate surface area is 193 Å². The van der Waals surface area contributed by atoms with Gasteiger partial charge in [-0.25, -0.2) is 4.98 Å². The summed E-state index contributed by atoms with van der Waals surface area (Å²) in [5, 5.41) is 12.2. The van der Waals surface area contributed by atoms with E-state index in [1.54, 1.807) is 11.1 Å². The number of aromatic nitrogens is 1. The van der Waals surface area contributed by atoms with E-state index in [0.29, 0.717) is 18.0 Å². The van der Waals surface area contributed by atoms with Gasteiger partial charge >= 0.3 is 5.97 Å². The third-order valence-electron chi connectivity index (χ3n) is 7.86. The second kappa shape index (κ2) is 9.01. The molecule has 0 bridgehead atoms. The Balaban J connectivity index is 1.47. The second-order valence-corrected chi connectivity index (χ2v) is 11.1. The molecule has 5 nitrogen and oxygen atoms in total. The van der Waals surface area contributed by atoms with Crippen molar-refractivity contribution in [3.63, 3.8) is 0 Å². The maximum Gasteiger partial charge on any atom is 0.304 e. The molecule has 1 aliphatic heterocycles. The summed E-state index contributed by atoms with van der Waals surface area (Å²) in [5.74, 6) is 0.325. The lowest BCUT2D eigenvalue weighted by Crippen LogP contribution is -2.43. The molecule has 0 saturated carbocycles. The first kappa shape index (κ1) is 23.0. The first-order valence-electron chi connectivity index (χ1n) is 12.3. The Hall–Kier alpha value is -2.14. The summed E-state index contributed by atoms with van der Waals surface area (Å²) in [6, 6.07) is 6.85. The normalized spacial score (nSPS) is 23.0. The number of hydrogen-bond donors (Lipinski definition) is 2. The van der Waals surface area contributed by atoms with Crippen LogP contribution in [-0.2, 0) is 4.79 Å². The zero-order valence-corrected chi connectivity index (χ0v) is 20.2. The van der Waals surface area contributed by atoms with Gasteiger partial charge in [0.15, 0.2) is 0 Å². The van der Waals surface area contributed by atoms with Crippen LogP contribution in [0, 0.1) is 10.8 Å². The van der Waals surface area contributed by atoms with Crippen LogP contribution in [0.15, 0.2) is 35.4 Å². The van der Waals surface area contributed by atoms with Crippen LogP contribution >= 0.6 is 0 Å². The number of carboxylic acid groups (broad SMARTS) is 1. The van der Waals surface area contributed by atoms with Gasteiger partial charge in [0.05, 0.1) is 12.1 Å². The summed E-state index contributed by atoms with van der Waals surface area (Å²) in [4.78, 5) is 18.2. The third kappa shape index (κ3) is 4.93. The summed E-state index contributed by atoms with van der Waals surface area (Å²) >= 11 is 0. The number of hydrogen-bond acceptors (Lipinski definition) is 4. The molecule has 2 aliphatic carbocycles. The molecule has 4 rings (SSSR count). The van der Waals surface area contributed by atoms with Gasteiger partial charge in [-0.15, -0.1) is 0 Å². The van der Waals surface area contributed by atoms with Crippen LogP contribution in [0.25, 0.3) is 5.57 Å². The summed E-state index contributed by atoms with van der Waals surface area (Å²) in [6.45, 7) is 12.1. The van der Waals surface area contributed by atoms with Crippen LogP contribution in [0.5, 0.6) is 0 Å². The Morgan fingerprint density at radius 3 is 2.56 bits per heavy atom. The van der Waals surface area contributed by atoms with Crippen LogP contribution < -0.4 is 10.2 Å². The number of pyridine rings is 1. The molecular formula is C27H39N3O2. The summed E-state index contributed by atoms with van der Waals surface area (Å²) in [7, 11) is 0. The van der Waals surface area contributed by atoms with E-state index in [2.05, 4.69) is 62.2 Å². The number of anilines is 1. The van der Waals surface area contributed by atoms with Gasteiger partial charge in [-0.1, -0.05) is 45.4 Å². The average molecular weight is 438 g/mol. The van der Waals surface area contributed by atoms with Crippen molar-refractivity contribution in [2.45, 2.75) is 78.7 Å². The largest absolute Gasteiger partial charge is 0.481 e. The Kier molecular flexibility index (Phi) is 6.49. The standard InChI is InChI=1S/C27H39N3O2/c1-26(2)13-14-27(3,4)22-18-19(8-9-21(22)26)23-6-5-7-24(29-23)30-16-11-20(12-17-30)28-15-10-25(31)32/h5-7,18,20,28H,8-17H2,1-4H3,(H,31,32). The van der Waals surface area contributed by atoms with Crippen molar-refractivity contribution < 1.29 is 9.90 Å². The molecule has 0 spiro atoms. The van der Waals surface area contributed by atoms with Gasteiger partial charge in [-0.2, -0.15) is 0 Å². The summed E-state index contributed by atoms with van der Waals surface area (Å²) in [5.41, 5.74) is 6.26. The van der Waals surface area contributed by atoms with Gasteiger partial charge in [0.1, 0.15) is 5.82 Å². The van der Waals surface area contributed by atoms with Crippen molar-refractivity contribution in [1.29, 1.82) is 0 Å². The Bertz CT molecular complexity index is 921. The average Bonchev–Trinajstić information content (AvgIpc) is 2.77. The van der Waals surface area contributed by atoms with Crippen molar-refractivity contribution in [2.24, 2.45) is 10.8 Å². The molecule has 32 heavy (non-hydrogen) atoms. The number of allylic oxidation sites excluding steroid dienone is 4. The van der Waals surface area contributed by atoms with Crippen molar-refractivity contribution in [1.82, 2.24) is 10.3 Å². The molecular weight excluding hydrogens is 398 g/mol. The predicted octanol–water partition coefficient (Wildman–Crippen LogP) is 5.43. The van der Waals surface area contributed by atoms with Crippen molar-refractivity contribution in [3.05, 3.63) is 41.1 Å². The zero-order chi connectivity index (χ0) is 22.9. The van der Waals surface area contributed by atoms with E-state index >= 15 is 0 Å². The lowest BCUT2D eigenvalue weighted by Gasteiger charge is -2.45. The van der Waals surface area contributed by atoms with E-state index in [0.717, 1.165) is 50.3 Å². The first-order chi connectivity index (χ1) is 15.2. The fraction of sp³-hybridized carbons (Fsp3) is 0.630. The lowest BCUT2D eigenvalue weighted by molar-refractivity contribution is -0.136.